The van der Waals surface area contributed by atoms with Crippen molar-refractivity contribution in [3.8, 4) is 0 Å². The Balaban J connectivity index is 2.39. The Morgan fingerprint density at radius 2 is 2.22 bits per heavy atom. The molecule has 0 aliphatic heterocycles. The van der Waals surface area contributed by atoms with Gasteiger partial charge in [0, 0.05) is 16.7 Å². The van der Waals surface area contributed by atoms with Gasteiger partial charge < -0.3 is 0 Å². The summed E-state index contributed by atoms with van der Waals surface area (Å²) in [4.78, 5) is 0.957. The summed E-state index contributed by atoms with van der Waals surface area (Å²) in [6.45, 7) is 4.45. The van der Waals surface area contributed by atoms with Crippen molar-refractivity contribution < 1.29 is 4.39 Å². The summed E-state index contributed by atoms with van der Waals surface area (Å²) >= 11 is 1.64. The van der Waals surface area contributed by atoms with Gasteiger partial charge in [0.15, 0.2) is 0 Å². The number of hydrogen-bond acceptors (Lipinski definition) is 3. The van der Waals surface area contributed by atoms with Crippen molar-refractivity contribution in [3.63, 3.8) is 0 Å². The van der Waals surface area contributed by atoms with E-state index in [9.17, 15) is 4.39 Å². The van der Waals surface area contributed by atoms with Crippen molar-refractivity contribution >= 4 is 11.8 Å². The minimum atomic E-state index is -0.184. The SMILES string of the molecule is CCCC(C)CC(CSc1cccc(F)c1)NN. The normalized spacial score (nSPS) is 14.4. The van der Waals surface area contributed by atoms with Gasteiger partial charge in [-0.2, -0.15) is 0 Å². The van der Waals surface area contributed by atoms with Gasteiger partial charge in [0.25, 0.3) is 0 Å². The van der Waals surface area contributed by atoms with Gasteiger partial charge in [-0.1, -0.05) is 32.8 Å². The van der Waals surface area contributed by atoms with Gasteiger partial charge in [-0.05, 0) is 30.5 Å². The Kier molecular flexibility index (Phi) is 7.32. The molecule has 0 radical (unpaired) electrons. The number of nitrogens with one attached hydrogen (secondary N) is 1. The molecule has 2 atom stereocenters. The molecule has 0 aromatic heterocycles. The van der Waals surface area contributed by atoms with Crippen LogP contribution in [-0.2, 0) is 0 Å². The first-order valence-corrected chi connectivity index (χ1v) is 7.48. The molecule has 0 saturated carbocycles. The highest BCUT2D eigenvalue weighted by Gasteiger charge is 2.12. The smallest absolute Gasteiger partial charge is 0.124 e. The lowest BCUT2D eigenvalue weighted by molar-refractivity contribution is 0.408. The van der Waals surface area contributed by atoms with E-state index in [1.165, 1.54) is 18.9 Å². The zero-order valence-corrected chi connectivity index (χ0v) is 12.0. The molecule has 1 rings (SSSR count). The van der Waals surface area contributed by atoms with Gasteiger partial charge >= 0.3 is 0 Å². The number of hydrazine groups is 1. The second-order valence-corrected chi connectivity index (χ2v) is 5.85. The van der Waals surface area contributed by atoms with Crippen LogP contribution >= 0.6 is 11.8 Å². The maximum atomic E-state index is 13.0. The van der Waals surface area contributed by atoms with Crippen LogP contribution in [0.3, 0.4) is 0 Å². The Morgan fingerprint density at radius 1 is 1.44 bits per heavy atom. The minimum Gasteiger partial charge on any atom is -0.271 e. The van der Waals surface area contributed by atoms with Crippen LogP contribution in [0.15, 0.2) is 29.2 Å². The largest absolute Gasteiger partial charge is 0.271 e. The highest BCUT2D eigenvalue weighted by Crippen LogP contribution is 2.22. The summed E-state index contributed by atoms with van der Waals surface area (Å²) in [5.74, 6) is 6.93. The first kappa shape index (κ1) is 15.5. The molecule has 0 fully saturated rings. The third-order valence-corrected chi connectivity index (χ3v) is 4.11. The van der Waals surface area contributed by atoms with Gasteiger partial charge in [-0.15, -0.1) is 11.8 Å². The molecular weight excluding hydrogens is 247 g/mol. The van der Waals surface area contributed by atoms with Crippen LogP contribution in [0.5, 0.6) is 0 Å². The third-order valence-electron chi connectivity index (χ3n) is 2.95. The van der Waals surface area contributed by atoms with Crippen LogP contribution in [-0.4, -0.2) is 11.8 Å². The second kappa shape index (κ2) is 8.51. The van der Waals surface area contributed by atoms with Crippen LogP contribution in [0.25, 0.3) is 0 Å². The van der Waals surface area contributed by atoms with Crippen LogP contribution in [0.2, 0.25) is 0 Å². The Labute approximate surface area is 113 Å². The summed E-state index contributed by atoms with van der Waals surface area (Å²) in [7, 11) is 0. The van der Waals surface area contributed by atoms with E-state index in [0.717, 1.165) is 17.1 Å². The number of benzene rings is 1. The molecule has 0 aliphatic rings. The zero-order valence-electron chi connectivity index (χ0n) is 11.2. The summed E-state index contributed by atoms with van der Waals surface area (Å²) in [6, 6.07) is 6.97. The molecule has 3 N–H and O–H groups in total. The molecule has 102 valence electrons. The second-order valence-electron chi connectivity index (χ2n) is 4.76. The number of nitrogens with two attached hydrogens (primary N) is 1. The predicted molar refractivity (Wildman–Crippen MR) is 76.9 cm³/mol. The van der Waals surface area contributed by atoms with Crippen molar-refractivity contribution in [2.45, 2.75) is 44.0 Å². The fraction of sp³-hybridized carbons (Fsp3) is 0.571. The average molecular weight is 270 g/mol. The van der Waals surface area contributed by atoms with Crippen LogP contribution in [0.1, 0.15) is 33.1 Å². The van der Waals surface area contributed by atoms with Crippen molar-refractivity contribution in [1.82, 2.24) is 5.43 Å². The van der Waals surface area contributed by atoms with Crippen molar-refractivity contribution in [2.75, 3.05) is 5.75 Å². The maximum Gasteiger partial charge on any atom is 0.124 e. The number of rotatable bonds is 8. The van der Waals surface area contributed by atoms with E-state index >= 15 is 0 Å². The molecule has 4 heteroatoms. The Morgan fingerprint density at radius 3 is 2.83 bits per heavy atom. The highest BCUT2D eigenvalue weighted by molar-refractivity contribution is 7.99. The summed E-state index contributed by atoms with van der Waals surface area (Å²) in [5, 5.41) is 0. The van der Waals surface area contributed by atoms with Crippen LogP contribution < -0.4 is 11.3 Å². The molecule has 0 heterocycles. The van der Waals surface area contributed by atoms with Crippen molar-refractivity contribution in [2.24, 2.45) is 11.8 Å². The van der Waals surface area contributed by atoms with E-state index in [-0.39, 0.29) is 11.9 Å². The number of halogens is 1. The topological polar surface area (TPSA) is 38.0 Å². The van der Waals surface area contributed by atoms with Crippen molar-refractivity contribution in [1.29, 1.82) is 0 Å². The van der Waals surface area contributed by atoms with Gasteiger partial charge in [-0.3, -0.25) is 11.3 Å². The maximum absolute atomic E-state index is 13.0. The van der Waals surface area contributed by atoms with E-state index in [0.29, 0.717) is 5.92 Å². The van der Waals surface area contributed by atoms with E-state index in [2.05, 4.69) is 19.3 Å². The van der Waals surface area contributed by atoms with Crippen molar-refractivity contribution in [3.05, 3.63) is 30.1 Å². The molecule has 0 saturated heterocycles. The van der Waals surface area contributed by atoms with Gasteiger partial charge in [0.1, 0.15) is 5.82 Å². The standard InChI is InChI=1S/C14H23FN2S/c1-3-5-11(2)8-13(17-16)10-18-14-7-4-6-12(15)9-14/h4,6-7,9,11,13,17H,3,5,8,10,16H2,1-2H3. The summed E-state index contributed by atoms with van der Waals surface area (Å²) in [5.41, 5.74) is 2.86. The van der Waals surface area contributed by atoms with E-state index < -0.39 is 0 Å². The van der Waals surface area contributed by atoms with Gasteiger partial charge in [0.05, 0.1) is 0 Å². The molecule has 2 nitrogen and oxygen atoms in total. The van der Waals surface area contributed by atoms with E-state index in [4.69, 9.17) is 5.84 Å². The minimum absolute atomic E-state index is 0.184. The monoisotopic (exact) mass is 270 g/mol. The Bertz CT molecular complexity index is 346. The van der Waals surface area contributed by atoms with Gasteiger partial charge in [-0.25, -0.2) is 4.39 Å². The van der Waals surface area contributed by atoms with Gasteiger partial charge in [0.2, 0.25) is 0 Å². The number of thioether (sulfide) groups is 1. The van der Waals surface area contributed by atoms with E-state index in [1.54, 1.807) is 23.9 Å². The lowest BCUT2D eigenvalue weighted by atomic mass is 9.98. The molecule has 1 aromatic carbocycles. The quantitative estimate of drug-likeness (QED) is 0.431. The molecular formula is C14H23FN2S. The molecule has 0 amide bonds. The fourth-order valence-corrected chi connectivity index (χ4v) is 3.03. The first-order chi connectivity index (χ1) is 8.65. The predicted octanol–water partition coefficient (Wildman–Crippen LogP) is 3.58. The third kappa shape index (κ3) is 5.85. The highest BCUT2D eigenvalue weighted by atomic mass is 32.2. The van der Waals surface area contributed by atoms with E-state index in [1.807, 2.05) is 6.07 Å². The summed E-state index contributed by atoms with van der Waals surface area (Å²) in [6.07, 6.45) is 3.49. The Hall–Kier alpha value is -0.580. The summed E-state index contributed by atoms with van der Waals surface area (Å²) < 4.78 is 13.0. The molecule has 0 aliphatic carbocycles. The van der Waals surface area contributed by atoms with Crippen LogP contribution in [0.4, 0.5) is 4.39 Å². The fourth-order valence-electron chi connectivity index (χ4n) is 2.03. The first-order valence-electron chi connectivity index (χ1n) is 6.50. The zero-order chi connectivity index (χ0) is 13.4. The van der Waals surface area contributed by atoms with Crippen LogP contribution in [0, 0.1) is 11.7 Å². The molecule has 0 spiro atoms. The lowest BCUT2D eigenvalue weighted by Crippen LogP contribution is -2.38. The molecule has 2 unspecified atom stereocenters. The lowest BCUT2D eigenvalue weighted by Gasteiger charge is -2.19. The molecule has 1 aromatic rings. The number of hydrogen-bond donors (Lipinski definition) is 2. The molecule has 0 bridgehead atoms. The molecule has 18 heavy (non-hydrogen) atoms. The average Bonchev–Trinajstić information content (AvgIpc) is 2.35.